The van der Waals surface area contributed by atoms with Crippen LogP contribution in [0.4, 0.5) is 8.78 Å². The predicted molar refractivity (Wildman–Crippen MR) is 105 cm³/mol. The van der Waals surface area contributed by atoms with Gasteiger partial charge in [-0.2, -0.15) is 20.5 Å². The summed E-state index contributed by atoms with van der Waals surface area (Å²) < 4.78 is 39.0. The minimum Gasteiger partial charge on any atom is -0.806 e. The predicted octanol–water partition coefficient (Wildman–Crippen LogP) is -0.871. The molecule has 0 N–H and O–H groups in total. The van der Waals surface area contributed by atoms with Crippen molar-refractivity contribution >= 4 is 57.3 Å². The van der Waals surface area contributed by atoms with Crippen LogP contribution in [0.3, 0.4) is 0 Å². The number of halogens is 4. The van der Waals surface area contributed by atoms with E-state index in [1.54, 1.807) is 11.8 Å². The van der Waals surface area contributed by atoms with Crippen LogP contribution >= 0.6 is 51.2 Å². The molecule has 2 aromatic rings. The Hall–Kier alpha value is 1.50. The smallest absolute Gasteiger partial charge is 0.806 e. The van der Waals surface area contributed by atoms with Crippen molar-refractivity contribution in [3.8, 4) is 0 Å². The maximum atomic E-state index is 13.7. The molecule has 0 spiro atoms. The van der Waals surface area contributed by atoms with Crippen molar-refractivity contribution < 1.29 is 82.2 Å². The molecule has 0 bridgehead atoms. The molecular weight excluding hydrogens is 559 g/mol. The van der Waals surface area contributed by atoms with E-state index in [2.05, 4.69) is 31.9 Å². The number of rotatable bonds is 7. The summed E-state index contributed by atoms with van der Waals surface area (Å²) in [5, 5.41) is 0. The zero-order chi connectivity index (χ0) is 19.4. The SMILES string of the molecule is O=P([O-])([O-])C(F)(F)c1ccc(CSCC=Cc2ccc(Br)cc2)cc1Br.[Na+].[Na+]. The second-order valence-corrected chi connectivity index (χ2v) is 9.68. The molecule has 0 heterocycles. The van der Waals surface area contributed by atoms with Crippen LogP contribution in [0.5, 0.6) is 0 Å². The number of hydrogen-bond donors (Lipinski definition) is 0. The van der Waals surface area contributed by atoms with E-state index in [1.807, 2.05) is 36.4 Å². The monoisotopic (exact) mass is 570 g/mol. The van der Waals surface area contributed by atoms with Crippen LogP contribution < -0.4 is 68.9 Å². The van der Waals surface area contributed by atoms with Gasteiger partial charge in [0.05, 0.1) is 0 Å². The van der Waals surface area contributed by atoms with Crippen molar-refractivity contribution in [3.63, 3.8) is 0 Å². The first-order chi connectivity index (χ1) is 12.1. The normalized spacial score (nSPS) is 11.8. The van der Waals surface area contributed by atoms with Gasteiger partial charge in [0.2, 0.25) is 0 Å². The molecule has 0 saturated heterocycles. The van der Waals surface area contributed by atoms with Crippen molar-refractivity contribution in [2.45, 2.75) is 11.4 Å². The van der Waals surface area contributed by atoms with Crippen LogP contribution in [0.25, 0.3) is 6.08 Å². The van der Waals surface area contributed by atoms with Crippen LogP contribution in [-0.2, 0) is 16.0 Å². The first kappa shape index (κ1) is 29.5. The molecule has 0 saturated carbocycles. The van der Waals surface area contributed by atoms with Crippen molar-refractivity contribution in [3.05, 3.63) is 74.2 Å². The topological polar surface area (TPSA) is 63.2 Å². The molecule has 0 radical (unpaired) electrons. The van der Waals surface area contributed by atoms with E-state index < -0.39 is 18.8 Å². The Labute approximate surface area is 228 Å². The molecular formula is C17H13Br2F2Na2O3PS. The van der Waals surface area contributed by atoms with Crippen molar-refractivity contribution in [2.75, 3.05) is 5.75 Å². The van der Waals surface area contributed by atoms with E-state index in [9.17, 15) is 23.1 Å². The van der Waals surface area contributed by atoms with Gasteiger partial charge in [-0.15, -0.1) is 0 Å². The minimum absolute atomic E-state index is 0. The van der Waals surface area contributed by atoms with Gasteiger partial charge >= 0.3 is 59.1 Å². The van der Waals surface area contributed by atoms with Crippen LogP contribution in [-0.4, -0.2) is 5.75 Å². The van der Waals surface area contributed by atoms with Crippen molar-refractivity contribution in [1.82, 2.24) is 0 Å². The Morgan fingerprint density at radius 1 is 1.07 bits per heavy atom. The van der Waals surface area contributed by atoms with Gasteiger partial charge in [0.1, 0.15) is 0 Å². The zero-order valence-electron chi connectivity index (χ0n) is 15.2. The molecule has 0 aliphatic rings. The van der Waals surface area contributed by atoms with E-state index in [4.69, 9.17) is 0 Å². The first-order valence-electron chi connectivity index (χ1n) is 7.30. The van der Waals surface area contributed by atoms with Crippen LogP contribution in [0.1, 0.15) is 16.7 Å². The Morgan fingerprint density at radius 2 is 1.68 bits per heavy atom. The summed E-state index contributed by atoms with van der Waals surface area (Å²) >= 11 is 7.87. The van der Waals surface area contributed by atoms with Crippen LogP contribution in [0.2, 0.25) is 0 Å². The molecule has 11 heteroatoms. The van der Waals surface area contributed by atoms with E-state index in [0.717, 1.165) is 27.4 Å². The second-order valence-electron chi connectivity index (χ2n) is 5.32. The summed E-state index contributed by atoms with van der Waals surface area (Å²) in [6.45, 7) is 0. The molecule has 0 unspecified atom stereocenters. The molecule has 0 aliphatic carbocycles. The molecule has 0 fully saturated rings. The fourth-order valence-corrected chi connectivity index (χ4v) is 4.39. The molecule has 2 aromatic carbocycles. The summed E-state index contributed by atoms with van der Waals surface area (Å²) in [6.07, 6.45) is 3.98. The average molecular weight is 572 g/mol. The Morgan fingerprint density at radius 3 is 2.21 bits per heavy atom. The Bertz CT molecular complexity index is 849. The third kappa shape index (κ3) is 8.56. The average Bonchev–Trinajstić information content (AvgIpc) is 2.55. The molecule has 0 atom stereocenters. The molecule has 3 nitrogen and oxygen atoms in total. The van der Waals surface area contributed by atoms with E-state index >= 15 is 0 Å². The summed E-state index contributed by atoms with van der Waals surface area (Å²) in [5.74, 6) is 1.28. The van der Waals surface area contributed by atoms with Gasteiger partial charge in [0, 0.05) is 33.6 Å². The summed E-state index contributed by atoms with van der Waals surface area (Å²) in [5.41, 5.74) is -3.46. The summed E-state index contributed by atoms with van der Waals surface area (Å²) in [7, 11) is -6.08. The third-order valence-corrected chi connectivity index (χ3v) is 6.44. The molecule has 0 amide bonds. The van der Waals surface area contributed by atoms with E-state index in [1.165, 1.54) is 12.1 Å². The van der Waals surface area contributed by atoms with Gasteiger partial charge < -0.3 is 14.4 Å². The summed E-state index contributed by atoms with van der Waals surface area (Å²) in [6, 6.07) is 11.6. The van der Waals surface area contributed by atoms with E-state index in [0.29, 0.717) is 5.75 Å². The molecule has 28 heavy (non-hydrogen) atoms. The Kier molecular flexibility index (Phi) is 13.8. The number of alkyl halides is 2. The fraction of sp³-hybridized carbons (Fsp3) is 0.176. The van der Waals surface area contributed by atoms with Crippen molar-refractivity contribution in [2.24, 2.45) is 0 Å². The minimum atomic E-state index is -6.08. The summed E-state index contributed by atoms with van der Waals surface area (Å²) in [4.78, 5) is 21.5. The van der Waals surface area contributed by atoms with Gasteiger partial charge in [-0.3, -0.25) is 0 Å². The Balaban J connectivity index is 0.00000364. The van der Waals surface area contributed by atoms with Gasteiger partial charge in [0.25, 0.3) is 5.66 Å². The largest absolute Gasteiger partial charge is 1.00 e. The zero-order valence-corrected chi connectivity index (χ0v) is 24.1. The molecule has 0 aromatic heterocycles. The molecule has 140 valence electrons. The van der Waals surface area contributed by atoms with Crippen LogP contribution in [0.15, 0.2) is 57.5 Å². The second kappa shape index (κ2) is 13.1. The molecule has 0 aliphatic heterocycles. The van der Waals surface area contributed by atoms with Crippen LogP contribution in [0, 0.1) is 0 Å². The maximum Gasteiger partial charge on any atom is 1.00 e. The number of benzene rings is 2. The van der Waals surface area contributed by atoms with E-state index in [-0.39, 0.29) is 63.6 Å². The van der Waals surface area contributed by atoms with Gasteiger partial charge in [-0.05, 0) is 29.3 Å². The number of hydrogen-bond acceptors (Lipinski definition) is 4. The van der Waals surface area contributed by atoms with Gasteiger partial charge in [-0.1, -0.05) is 68.3 Å². The fourth-order valence-electron chi connectivity index (χ4n) is 2.04. The molecule has 2 rings (SSSR count). The van der Waals surface area contributed by atoms with Gasteiger partial charge in [-0.25, -0.2) is 0 Å². The first-order valence-corrected chi connectivity index (χ1v) is 11.6. The standard InChI is InChI=1S/C17H15Br2F2O3PS.2Na/c18-14-6-3-12(4-7-14)2-1-9-26-11-13-5-8-15(16(19)10-13)17(20,21)25(22,23)24;;/h1-8,10H,9,11H2,(H2,22,23,24);;/q;2*+1/p-2. The number of thioether (sulfide) groups is 1. The maximum absolute atomic E-state index is 13.7. The van der Waals surface area contributed by atoms with Crippen molar-refractivity contribution in [1.29, 1.82) is 0 Å². The quantitative estimate of drug-likeness (QED) is 0.246. The third-order valence-electron chi connectivity index (χ3n) is 3.36. The van der Waals surface area contributed by atoms with Gasteiger partial charge in [0.15, 0.2) is 0 Å².